The van der Waals surface area contributed by atoms with Crippen LogP contribution in [0.3, 0.4) is 0 Å². The molecule has 3 fully saturated rings. The van der Waals surface area contributed by atoms with Crippen molar-refractivity contribution in [2.75, 3.05) is 0 Å². The summed E-state index contributed by atoms with van der Waals surface area (Å²) in [7, 11) is 0. The van der Waals surface area contributed by atoms with Crippen molar-refractivity contribution < 1.29 is 4.39 Å². The molecule has 1 heteroatoms. The Balaban J connectivity index is 1.63. The van der Waals surface area contributed by atoms with E-state index in [-0.39, 0.29) is 5.41 Å². The van der Waals surface area contributed by atoms with Gasteiger partial charge in [0.2, 0.25) is 0 Å². The molecule has 0 radical (unpaired) electrons. The Kier molecular flexibility index (Phi) is 3.55. The van der Waals surface area contributed by atoms with E-state index in [1.165, 1.54) is 63.4 Å². The molecule has 122 valence electrons. The summed E-state index contributed by atoms with van der Waals surface area (Å²) in [6.07, 6.45) is 17.4. The maximum Gasteiger partial charge on any atom is 0.0869 e. The van der Waals surface area contributed by atoms with Gasteiger partial charge < -0.3 is 0 Å². The topological polar surface area (TPSA) is 0 Å². The second-order valence-electron chi connectivity index (χ2n) is 9.05. The highest BCUT2D eigenvalue weighted by molar-refractivity contribution is 5.33. The van der Waals surface area contributed by atoms with E-state index < -0.39 is 0 Å². The predicted octanol–water partition coefficient (Wildman–Crippen LogP) is 6.44. The number of fused-ring (bicyclic) bond motifs is 5. The molecule has 0 saturated heterocycles. The highest BCUT2D eigenvalue weighted by atomic mass is 19.1. The Labute approximate surface area is 135 Å². The molecule has 0 aromatic rings. The van der Waals surface area contributed by atoms with E-state index in [9.17, 15) is 4.39 Å². The molecule has 1 unspecified atom stereocenters. The molecule has 4 aliphatic rings. The third-order valence-electron chi connectivity index (χ3n) is 8.47. The summed E-state index contributed by atoms with van der Waals surface area (Å²) in [4.78, 5) is 0. The van der Waals surface area contributed by atoms with Crippen LogP contribution in [0, 0.1) is 34.5 Å². The van der Waals surface area contributed by atoms with Crippen molar-refractivity contribution in [1.29, 1.82) is 0 Å². The first-order valence-corrected chi connectivity index (χ1v) is 9.57. The van der Waals surface area contributed by atoms with Gasteiger partial charge in [-0.05, 0) is 91.1 Å². The van der Waals surface area contributed by atoms with Crippen LogP contribution < -0.4 is 0 Å². The van der Waals surface area contributed by atoms with Crippen LogP contribution in [0.25, 0.3) is 0 Å². The lowest BCUT2D eigenvalue weighted by Gasteiger charge is -2.60. The Hall–Kier alpha value is -0.590. The standard InChI is InChI=1S/C21H31F/c1-20-12-4-3-5-15(20)6-8-17-18-9-7-16(11-14-22)21(18,2)13-10-19(17)20/h7,11,14-15,17-19H,3-6,8-10,12-13H2,1-2H3/t15?,17-,18-,19-,20-,21+/m0/s1. The smallest absolute Gasteiger partial charge is 0.0869 e. The molecule has 0 heterocycles. The third kappa shape index (κ3) is 1.93. The van der Waals surface area contributed by atoms with Crippen molar-refractivity contribution in [3.05, 3.63) is 24.1 Å². The van der Waals surface area contributed by atoms with Crippen LogP contribution in [-0.4, -0.2) is 0 Å². The normalized spacial score (nSPS) is 51.1. The average molecular weight is 302 g/mol. The monoisotopic (exact) mass is 302 g/mol. The number of halogens is 1. The van der Waals surface area contributed by atoms with E-state index in [1.54, 1.807) is 6.08 Å². The van der Waals surface area contributed by atoms with E-state index in [1.807, 2.05) is 0 Å². The van der Waals surface area contributed by atoms with E-state index in [0.29, 0.717) is 5.41 Å². The fraction of sp³-hybridized carbons (Fsp3) is 0.810. The second kappa shape index (κ2) is 5.21. The SMILES string of the molecule is C[C@]12CCCCC1CC[C@@H]1[C@@H]2CC[C@]2(C)C(C=CF)=CC[C@@H]12. The van der Waals surface area contributed by atoms with Crippen LogP contribution in [0.5, 0.6) is 0 Å². The van der Waals surface area contributed by atoms with E-state index in [2.05, 4.69) is 19.9 Å². The van der Waals surface area contributed by atoms with Crippen LogP contribution in [0.2, 0.25) is 0 Å². The fourth-order valence-electron chi connectivity index (χ4n) is 7.22. The van der Waals surface area contributed by atoms with Crippen molar-refractivity contribution in [3.63, 3.8) is 0 Å². The molecule has 0 N–H and O–H groups in total. The van der Waals surface area contributed by atoms with Crippen LogP contribution >= 0.6 is 0 Å². The van der Waals surface area contributed by atoms with Crippen LogP contribution in [-0.2, 0) is 0 Å². The predicted molar refractivity (Wildman–Crippen MR) is 90.1 cm³/mol. The average Bonchev–Trinajstić information content (AvgIpc) is 2.84. The fourth-order valence-corrected chi connectivity index (χ4v) is 7.22. The minimum absolute atomic E-state index is 0.252. The van der Waals surface area contributed by atoms with Gasteiger partial charge in [-0.15, -0.1) is 0 Å². The summed E-state index contributed by atoms with van der Waals surface area (Å²) in [6, 6.07) is 0. The maximum absolute atomic E-state index is 12.8. The van der Waals surface area contributed by atoms with Gasteiger partial charge in [0.1, 0.15) is 0 Å². The van der Waals surface area contributed by atoms with Gasteiger partial charge in [-0.1, -0.05) is 32.8 Å². The van der Waals surface area contributed by atoms with E-state index in [0.717, 1.165) is 30.0 Å². The Morgan fingerprint density at radius 1 is 1.05 bits per heavy atom. The summed E-state index contributed by atoms with van der Waals surface area (Å²) >= 11 is 0. The molecule has 3 saturated carbocycles. The number of hydrogen-bond donors (Lipinski definition) is 0. The van der Waals surface area contributed by atoms with Gasteiger partial charge in [0.05, 0.1) is 6.33 Å². The van der Waals surface area contributed by atoms with Gasteiger partial charge in [-0.2, -0.15) is 0 Å². The summed E-state index contributed by atoms with van der Waals surface area (Å²) in [5.41, 5.74) is 2.15. The summed E-state index contributed by atoms with van der Waals surface area (Å²) in [5, 5.41) is 0. The molecule has 0 nitrogen and oxygen atoms in total. The summed E-state index contributed by atoms with van der Waals surface area (Å²) < 4.78 is 12.8. The van der Waals surface area contributed by atoms with Gasteiger partial charge in [-0.25, -0.2) is 4.39 Å². The first-order valence-electron chi connectivity index (χ1n) is 9.57. The highest BCUT2D eigenvalue weighted by Gasteiger charge is 2.57. The Bertz CT molecular complexity index is 504. The van der Waals surface area contributed by atoms with Crippen molar-refractivity contribution in [2.24, 2.45) is 34.5 Å². The lowest BCUT2D eigenvalue weighted by atomic mass is 9.45. The summed E-state index contributed by atoms with van der Waals surface area (Å²) in [6.45, 7) is 5.04. The lowest BCUT2D eigenvalue weighted by Crippen LogP contribution is -2.52. The van der Waals surface area contributed by atoms with Gasteiger partial charge in [0, 0.05) is 0 Å². The summed E-state index contributed by atoms with van der Waals surface area (Å²) in [5.74, 6) is 3.59. The van der Waals surface area contributed by atoms with Gasteiger partial charge in [0.15, 0.2) is 0 Å². The van der Waals surface area contributed by atoms with Crippen molar-refractivity contribution in [2.45, 2.75) is 71.6 Å². The van der Waals surface area contributed by atoms with E-state index in [4.69, 9.17) is 0 Å². The van der Waals surface area contributed by atoms with Crippen LogP contribution in [0.15, 0.2) is 24.1 Å². The molecule has 0 amide bonds. The molecule has 0 aromatic carbocycles. The molecular formula is C21H31F. The lowest BCUT2D eigenvalue weighted by molar-refractivity contribution is -0.0982. The van der Waals surface area contributed by atoms with Crippen molar-refractivity contribution >= 4 is 0 Å². The first kappa shape index (κ1) is 15.0. The first-order chi connectivity index (χ1) is 10.6. The second-order valence-corrected chi connectivity index (χ2v) is 9.05. The van der Waals surface area contributed by atoms with Crippen LogP contribution in [0.1, 0.15) is 71.6 Å². The number of rotatable bonds is 1. The molecule has 6 atom stereocenters. The van der Waals surface area contributed by atoms with Crippen molar-refractivity contribution in [3.8, 4) is 0 Å². The Morgan fingerprint density at radius 3 is 2.73 bits per heavy atom. The molecular weight excluding hydrogens is 271 g/mol. The molecule has 4 rings (SSSR count). The maximum atomic E-state index is 12.8. The third-order valence-corrected chi connectivity index (χ3v) is 8.47. The number of allylic oxidation sites excluding steroid dienone is 3. The molecule has 0 aromatic heterocycles. The van der Waals surface area contributed by atoms with Crippen molar-refractivity contribution in [1.82, 2.24) is 0 Å². The Morgan fingerprint density at radius 2 is 1.91 bits per heavy atom. The zero-order valence-corrected chi connectivity index (χ0v) is 14.3. The molecule has 0 spiro atoms. The zero-order valence-electron chi connectivity index (χ0n) is 14.3. The zero-order chi connectivity index (χ0) is 15.4. The minimum atomic E-state index is 0.252. The quantitative estimate of drug-likeness (QED) is 0.523. The van der Waals surface area contributed by atoms with E-state index >= 15 is 0 Å². The minimum Gasteiger partial charge on any atom is -0.216 e. The number of hydrogen-bond acceptors (Lipinski definition) is 0. The largest absolute Gasteiger partial charge is 0.216 e. The van der Waals surface area contributed by atoms with Gasteiger partial charge in [0.25, 0.3) is 0 Å². The van der Waals surface area contributed by atoms with Gasteiger partial charge >= 0.3 is 0 Å². The molecule has 4 aliphatic carbocycles. The molecule has 0 aliphatic heterocycles. The highest BCUT2D eigenvalue weighted by Crippen LogP contribution is 2.66. The van der Waals surface area contributed by atoms with Crippen LogP contribution in [0.4, 0.5) is 4.39 Å². The van der Waals surface area contributed by atoms with Gasteiger partial charge in [-0.3, -0.25) is 0 Å². The molecule has 0 bridgehead atoms. The molecule has 22 heavy (non-hydrogen) atoms.